The molecule has 0 spiro atoms. The molecule has 0 unspecified atom stereocenters. The Hall–Kier alpha value is -6.46. The highest BCUT2D eigenvalue weighted by Crippen LogP contribution is 2.49. The van der Waals surface area contributed by atoms with Crippen molar-refractivity contribution in [1.29, 1.82) is 0 Å². The number of benzene rings is 3. The van der Waals surface area contributed by atoms with Crippen LogP contribution in [0.4, 0.5) is 35.1 Å². The predicted molar refractivity (Wildman–Crippen MR) is 209 cm³/mol. The Bertz CT molecular complexity index is 1940. The zero-order valence-electron chi connectivity index (χ0n) is 33.1. The van der Waals surface area contributed by atoms with Crippen LogP contribution in [0.5, 0.6) is 23.0 Å². The van der Waals surface area contributed by atoms with Crippen molar-refractivity contribution in [2.75, 3.05) is 26.4 Å². The van der Waals surface area contributed by atoms with Crippen molar-refractivity contribution in [1.82, 2.24) is 0 Å². The maximum Gasteiger partial charge on any atom is 0.420 e. The Morgan fingerprint density at radius 2 is 0.823 bits per heavy atom. The Balaban J connectivity index is 1.61. The lowest BCUT2D eigenvalue weighted by molar-refractivity contribution is -0.164. The SMILES string of the molecule is C=CC(=O)OCCCCCCOc1ccc(/C=C/C(=O)Oc2ccc(OC(=O)/C=C/c3ccc(OCCCCCCOC(=O)C=C)c(F)c3)c(C(F)(F)F)c2C(F)(F)F)cc1F. The van der Waals surface area contributed by atoms with Gasteiger partial charge in [0.1, 0.15) is 22.6 Å². The summed E-state index contributed by atoms with van der Waals surface area (Å²) in [6.07, 6.45) is -1.29. The van der Waals surface area contributed by atoms with E-state index in [-0.39, 0.29) is 49.1 Å². The first-order valence-electron chi connectivity index (χ1n) is 19.0. The van der Waals surface area contributed by atoms with Gasteiger partial charge in [-0.1, -0.05) is 25.3 Å². The van der Waals surface area contributed by atoms with Crippen LogP contribution in [-0.4, -0.2) is 50.3 Å². The monoisotopic (exact) mass is 882 g/mol. The van der Waals surface area contributed by atoms with Gasteiger partial charge in [-0.2, -0.15) is 26.3 Å². The number of halogens is 8. The summed E-state index contributed by atoms with van der Waals surface area (Å²) in [6.45, 7) is 7.34. The number of ether oxygens (including phenoxy) is 6. The van der Waals surface area contributed by atoms with Crippen LogP contribution < -0.4 is 18.9 Å². The van der Waals surface area contributed by atoms with Crippen molar-refractivity contribution in [3.05, 3.63) is 120 Å². The van der Waals surface area contributed by atoms with Crippen LogP contribution in [-0.2, 0) is 41.0 Å². The lowest BCUT2D eigenvalue weighted by atomic mass is 10.0. The Labute approximate surface area is 351 Å². The van der Waals surface area contributed by atoms with Crippen molar-refractivity contribution in [3.8, 4) is 23.0 Å². The second-order valence-corrected chi connectivity index (χ2v) is 13.0. The first-order chi connectivity index (χ1) is 29.4. The normalized spacial score (nSPS) is 11.6. The van der Waals surface area contributed by atoms with Crippen molar-refractivity contribution in [2.24, 2.45) is 0 Å². The topological polar surface area (TPSA) is 124 Å². The molecule has 0 atom stereocenters. The highest BCUT2D eigenvalue weighted by Gasteiger charge is 2.48. The van der Waals surface area contributed by atoms with E-state index in [1.165, 1.54) is 24.3 Å². The smallest absolute Gasteiger partial charge is 0.420 e. The molecule has 0 aliphatic carbocycles. The van der Waals surface area contributed by atoms with Crippen LogP contribution in [0.2, 0.25) is 0 Å². The van der Waals surface area contributed by atoms with Crippen LogP contribution in [0, 0.1) is 11.6 Å². The molecule has 0 saturated heterocycles. The molecule has 3 aromatic carbocycles. The summed E-state index contributed by atoms with van der Waals surface area (Å²) in [6, 6.07) is 7.66. The average Bonchev–Trinajstić information content (AvgIpc) is 3.21. The van der Waals surface area contributed by atoms with Crippen molar-refractivity contribution in [3.63, 3.8) is 0 Å². The zero-order chi connectivity index (χ0) is 45.7. The number of hydrogen-bond acceptors (Lipinski definition) is 10. The predicted octanol–water partition coefficient (Wildman–Crippen LogP) is 10.6. The van der Waals surface area contributed by atoms with Gasteiger partial charge < -0.3 is 28.4 Å². The fourth-order valence-corrected chi connectivity index (χ4v) is 5.33. The summed E-state index contributed by atoms with van der Waals surface area (Å²) in [5, 5.41) is 0. The number of carbonyl (C=O) groups excluding carboxylic acids is 4. The molecular formula is C44H42F8O10. The second kappa shape index (κ2) is 24.7. The molecule has 3 aromatic rings. The third kappa shape index (κ3) is 17.3. The third-order valence-corrected chi connectivity index (χ3v) is 8.27. The lowest BCUT2D eigenvalue weighted by Crippen LogP contribution is -2.21. The maximum atomic E-state index is 14.6. The van der Waals surface area contributed by atoms with Gasteiger partial charge in [0.05, 0.1) is 26.4 Å². The minimum Gasteiger partial charge on any atom is -0.491 e. The van der Waals surface area contributed by atoms with E-state index in [0.29, 0.717) is 62.8 Å². The van der Waals surface area contributed by atoms with Gasteiger partial charge in [0.25, 0.3) is 0 Å². The summed E-state index contributed by atoms with van der Waals surface area (Å²) in [5.74, 6) is -9.24. The summed E-state index contributed by atoms with van der Waals surface area (Å²) < 4.78 is 144. The van der Waals surface area contributed by atoms with Crippen LogP contribution in [0.1, 0.15) is 73.6 Å². The van der Waals surface area contributed by atoms with E-state index in [4.69, 9.17) is 18.9 Å². The summed E-state index contributed by atoms with van der Waals surface area (Å²) in [7, 11) is 0. The molecule has 0 bridgehead atoms. The molecule has 0 saturated carbocycles. The molecule has 0 radical (unpaired) electrons. The van der Waals surface area contributed by atoms with E-state index < -0.39 is 70.5 Å². The van der Waals surface area contributed by atoms with Gasteiger partial charge in [0.2, 0.25) is 0 Å². The molecule has 18 heteroatoms. The molecule has 0 aliphatic heterocycles. The molecule has 0 heterocycles. The Morgan fingerprint density at radius 3 is 1.15 bits per heavy atom. The van der Waals surface area contributed by atoms with E-state index in [1.807, 2.05) is 0 Å². The minimum atomic E-state index is -5.79. The highest BCUT2D eigenvalue weighted by atomic mass is 19.4. The molecule has 0 fully saturated rings. The standard InChI is InChI=1S/C44H42F8O10/c1-3-37(53)59-25-11-7-5-9-23-57-33-17-13-29(27-31(33)45)15-21-39(55)61-35-19-20-36(42(44(50,51)52)41(35)43(47,48)49)62-40(56)22-16-30-14-18-34(32(46)28-30)58-24-10-6-8-12-26-60-38(54)4-2/h3-4,13-22,27-28H,1-2,5-12,23-26H2/b21-15+,22-16+. The second-order valence-electron chi connectivity index (χ2n) is 13.0. The third-order valence-electron chi connectivity index (χ3n) is 8.27. The van der Waals surface area contributed by atoms with Gasteiger partial charge in [0.15, 0.2) is 23.1 Å². The van der Waals surface area contributed by atoms with E-state index in [0.717, 1.165) is 49.3 Å². The fraction of sp³-hybridized carbons (Fsp3) is 0.318. The number of rotatable bonds is 24. The van der Waals surface area contributed by atoms with E-state index in [2.05, 4.69) is 22.6 Å². The molecule has 0 aliphatic rings. The van der Waals surface area contributed by atoms with Crippen LogP contribution in [0.15, 0.2) is 86.0 Å². The quantitative estimate of drug-likeness (QED) is 0.0282. The highest BCUT2D eigenvalue weighted by molar-refractivity contribution is 5.90. The van der Waals surface area contributed by atoms with Gasteiger partial charge in [-0.05, 0) is 111 Å². The summed E-state index contributed by atoms with van der Waals surface area (Å²) in [5.41, 5.74) is -4.87. The van der Waals surface area contributed by atoms with Gasteiger partial charge in [-0.15, -0.1) is 0 Å². The summed E-state index contributed by atoms with van der Waals surface area (Å²) >= 11 is 0. The van der Waals surface area contributed by atoms with Gasteiger partial charge in [-0.3, -0.25) is 0 Å². The Kier molecular flexibility index (Phi) is 19.9. The molecule has 10 nitrogen and oxygen atoms in total. The van der Waals surface area contributed by atoms with E-state index >= 15 is 0 Å². The molecule has 3 rings (SSSR count). The maximum absolute atomic E-state index is 14.6. The molecule has 62 heavy (non-hydrogen) atoms. The molecule has 0 aromatic heterocycles. The number of alkyl halides is 6. The largest absolute Gasteiger partial charge is 0.491 e. The number of esters is 4. The van der Waals surface area contributed by atoms with Gasteiger partial charge in [-0.25, -0.2) is 28.0 Å². The number of carbonyl (C=O) groups is 4. The lowest BCUT2D eigenvalue weighted by Gasteiger charge is -2.21. The van der Waals surface area contributed by atoms with Crippen molar-refractivity contribution >= 4 is 36.0 Å². The molecule has 334 valence electrons. The van der Waals surface area contributed by atoms with Crippen molar-refractivity contribution in [2.45, 2.75) is 63.7 Å². The molecule has 0 amide bonds. The first-order valence-corrected chi connectivity index (χ1v) is 19.0. The number of unbranched alkanes of at least 4 members (excludes halogenated alkanes) is 6. The van der Waals surface area contributed by atoms with Gasteiger partial charge in [0, 0.05) is 24.3 Å². The molecular weight excluding hydrogens is 840 g/mol. The van der Waals surface area contributed by atoms with Gasteiger partial charge >= 0.3 is 36.2 Å². The Morgan fingerprint density at radius 1 is 0.484 bits per heavy atom. The van der Waals surface area contributed by atoms with Crippen LogP contribution >= 0.6 is 0 Å². The molecule has 0 N–H and O–H groups in total. The first kappa shape index (κ1) is 49.9. The van der Waals surface area contributed by atoms with E-state index in [9.17, 15) is 54.3 Å². The average molecular weight is 883 g/mol. The van der Waals surface area contributed by atoms with Crippen molar-refractivity contribution < 1.29 is 82.7 Å². The van der Waals surface area contributed by atoms with E-state index in [1.54, 1.807) is 0 Å². The number of hydrogen-bond donors (Lipinski definition) is 0. The van der Waals surface area contributed by atoms with Crippen LogP contribution in [0.25, 0.3) is 12.2 Å². The minimum absolute atomic E-state index is 0.0283. The fourth-order valence-electron chi connectivity index (χ4n) is 5.33. The zero-order valence-corrected chi connectivity index (χ0v) is 33.1. The van der Waals surface area contributed by atoms with Crippen LogP contribution in [0.3, 0.4) is 0 Å². The summed E-state index contributed by atoms with van der Waals surface area (Å²) in [4.78, 5) is 47.0.